The molecule has 1 amide bonds. The fourth-order valence-electron chi connectivity index (χ4n) is 2.28. The third kappa shape index (κ3) is 6.16. The van der Waals surface area contributed by atoms with Crippen molar-refractivity contribution in [2.75, 3.05) is 5.75 Å². The first-order valence-corrected chi connectivity index (χ1v) is 10.7. The lowest BCUT2D eigenvalue weighted by Gasteiger charge is -2.19. The minimum atomic E-state index is -3.74. The maximum atomic E-state index is 12.0. The highest BCUT2D eigenvalue weighted by Gasteiger charge is 2.13. The molecular weight excluding hydrogens is 368 g/mol. The van der Waals surface area contributed by atoms with Gasteiger partial charge in [-0.25, -0.2) is 13.6 Å². The molecule has 0 aliphatic rings. The summed E-state index contributed by atoms with van der Waals surface area (Å²) in [5.41, 5.74) is 2.04. The molecule has 2 aromatic carbocycles. The summed E-state index contributed by atoms with van der Waals surface area (Å²) in [6.45, 7) is 6.74. The Hall–Kier alpha value is -1.83. The van der Waals surface area contributed by atoms with Gasteiger partial charge in [0.05, 0.1) is 10.6 Å². The molecule has 0 aliphatic heterocycles. The second kappa shape index (κ2) is 8.24. The van der Waals surface area contributed by atoms with Crippen LogP contribution in [0.4, 0.5) is 0 Å². The average Bonchev–Trinajstić information content (AvgIpc) is 2.57. The first-order valence-electron chi connectivity index (χ1n) is 8.17. The first kappa shape index (κ1) is 20.5. The number of carbonyl (C=O) groups is 1. The highest BCUT2D eigenvalue weighted by Crippen LogP contribution is 2.25. The van der Waals surface area contributed by atoms with Gasteiger partial charge in [0, 0.05) is 11.4 Å². The van der Waals surface area contributed by atoms with Gasteiger partial charge in [-0.3, -0.25) is 4.79 Å². The smallest absolute Gasteiger partial charge is 0.238 e. The molecule has 0 unspecified atom stereocenters. The largest absolute Gasteiger partial charge is 0.351 e. The number of nitrogens with one attached hydrogen (secondary N) is 1. The molecule has 0 atom stereocenters. The summed E-state index contributed by atoms with van der Waals surface area (Å²) in [6.07, 6.45) is 0. The van der Waals surface area contributed by atoms with Crippen molar-refractivity contribution in [1.29, 1.82) is 0 Å². The molecule has 0 bridgehead atoms. The molecule has 0 spiro atoms. The Bertz CT molecular complexity index is 870. The number of nitrogens with two attached hydrogens (primary N) is 1. The van der Waals surface area contributed by atoms with E-state index in [9.17, 15) is 13.2 Å². The van der Waals surface area contributed by atoms with E-state index in [2.05, 4.69) is 38.2 Å². The molecule has 0 aromatic heterocycles. The van der Waals surface area contributed by atoms with Gasteiger partial charge in [-0.1, -0.05) is 45.0 Å². The second-order valence-corrected chi connectivity index (χ2v) is 9.64. The fourth-order valence-corrected chi connectivity index (χ4v) is 3.60. The Morgan fingerprint density at radius 2 is 1.77 bits per heavy atom. The number of amides is 1. The maximum Gasteiger partial charge on any atom is 0.238 e. The fraction of sp³-hybridized carbons (Fsp3) is 0.316. The number of benzene rings is 2. The third-order valence-corrected chi connectivity index (χ3v) is 5.73. The van der Waals surface area contributed by atoms with E-state index in [1.54, 1.807) is 12.1 Å². The molecule has 2 rings (SSSR count). The minimum absolute atomic E-state index is 0.0394. The zero-order valence-corrected chi connectivity index (χ0v) is 16.8. The van der Waals surface area contributed by atoms with Crippen LogP contribution in [0.15, 0.2) is 58.3 Å². The Labute approximate surface area is 159 Å². The number of carbonyl (C=O) groups excluding carboxylic acids is 1. The molecule has 0 aliphatic carbocycles. The molecule has 3 N–H and O–H groups in total. The third-order valence-electron chi connectivity index (χ3n) is 3.81. The van der Waals surface area contributed by atoms with Crippen molar-refractivity contribution in [3.8, 4) is 0 Å². The van der Waals surface area contributed by atoms with Crippen molar-refractivity contribution in [2.24, 2.45) is 5.14 Å². The van der Waals surface area contributed by atoms with Gasteiger partial charge in [0.2, 0.25) is 15.9 Å². The molecule has 5 nitrogen and oxygen atoms in total. The van der Waals surface area contributed by atoms with Gasteiger partial charge >= 0.3 is 0 Å². The Kier molecular flexibility index (Phi) is 6.49. The van der Waals surface area contributed by atoms with Crippen LogP contribution in [-0.2, 0) is 26.8 Å². The highest BCUT2D eigenvalue weighted by atomic mass is 32.2. The van der Waals surface area contributed by atoms with Crippen molar-refractivity contribution in [3.05, 3.63) is 59.7 Å². The lowest BCUT2D eigenvalue weighted by Crippen LogP contribution is -2.24. The molecule has 0 fully saturated rings. The zero-order valence-electron chi connectivity index (χ0n) is 15.2. The van der Waals surface area contributed by atoms with E-state index in [1.807, 2.05) is 12.1 Å². The van der Waals surface area contributed by atoms with E-state index in [-0.39, 0.29) is 22.8 Å². The molecule has 0 heterocycles. The zero-order chi connectivity index (χ0) is 19.4. The minimum Gasteiger partial charge on any atom is -0.351 e. The van der Waals surface area contributed by atoms with Gasteiger partial charge in [0.1, 0.15) is 0 Å². The van der Waals surface area contributed by atoms with E-state index in [0.29, 0.717) is 11.3 Å². The molecule has 26 heavy (non-hydrogen) atoms. The van der Waals surface area contributed by atoms with Crippen molar-refractivity contribution in [2.45, 2.75) is 42.5 Å². The van der Waals surface area contributed by atoms with Gasteiger partial charge in [-0.15, -0.1) is 11.8 Å². The molecule has 140 valence electrons. The number of thioether (sulfide) groups is 1. The Balaban J connectivity index is 1.86. The summed E-state index contributed by atoms with van der Waals surface area (Å²) in [7, 11) is -3.74. The van der Waals surface area contributed by atoms with E-state index in [0.717, 1.165) is 4.90 Å². The summed E-state index contributed by atoms with van der Waals surface area (Å²) in [6, 6.07) is 14.5. The van der Waals surface area contributed by atoms with Crippen LogP contribution >= 0.6 is 11.8 Å². The average molecular weight is 393 g/mol. The normalized spacial score (nSPS) is 12.0. The number of hydrogen-bond donors (Lipinski definition) is 2. The number of rotatable bonds is 6. The van der Waals surface area contributed by atoms with Crippen molar-refractivity contribution >= 4 is 27.7 Å². The van der Waals surface area contributed by atoms with Crippen molar-refractivity contribution in [1.82, 2.24) is 5.32 Å². The molecule has 2 aromatic rings. The van der Waals surface area contributed by atoms with Gasteiger partial charge in [0.25, 0.3) is 0 Å². The second-order valence-electron chi connectivity index (χ2n) is 7.03. The van der Waals surface area contributed by atoms with Crippen LogP contribution in [0.3, 0.4) is 0 Å². The predicted molar refractivity (Wildman–Crippen MR) is 106 cm³/mol. The molecule has 0 saturated heterocycles. The van der Waals surface area contributed by atoms with Crippen LogP contribution in [0, 0.1) is 0 Å². The van der Waals surface area contributed by atoms with Crippen LogP contribution in [0.25, 0.3) is 0 Å². The first-order chi connectivity index (χ1) is 12.1. The van der Waals surface area contributed by atoms with Gasteiger partial charge in [0.15, 0.2) is 0 Å². The lowest BCUT2D eigenvalue weighted by atomic mass is 9.87. The SMILES string of the molecule is CC(C)(C)c1ccc(SCC(=O)NCc2cccc(S(N)(=O)=O)c2)cc1. The summed E-state index contributed by atoms with van der Waals surface area (Å²) >= 11 is 1.46. The monoisotopic (exact) mass is 392 g/mol. The van der Waals surface area contributed by atoms with E-state index >= 15 is 0 Å². The number of primary sulfonamides is 1. The van der Waals surface area contributed by atoms with Gasteiger partial charge < -0.3 is 5.32 Å². The maximum absolute atomic E-state index is 12.0. The Morgan fingerprint density at radius 3 is 2.35 bits per heavy atom. The van der Waals surface area contributed by atoms with Crippen molar-refractivity contribution in [3.63, 3.8) is 0 Å². The van der Waals surface area contributed by atoms with Crippen LogP contribution in [0.1, 0.15) is 31.9 Å². The van der Waals surface area contributed by atoms with Crippen LogP contribution < -0.4 is 10.5 Å². The summed E-state index contributed by atoms with van der Waals surface area (Å²) < 4.78 is 22.7. The van der Waals surface area contributed by atoms with Gasteiger partial charge in [-0.05, 0) is 40.8 Å². The highest BCUT2D eigenvalue weighted by molar-refractivity contribution is 8.00. The number of sulfonamides is 1. The van der Waals surface area contributed by atoms with Crippen LogP contribution in [0.5, 0.6) is 0 Å². The number of hydrogen-bond acceptors (Lipinski definition) is 4. The lowest BCUT2D eigenvalue weighted by molar-refractivity contribution is -0.118. The molecule has 0 saturated carbocycles. The summed E-state index contributed by atoms with van der Waals surface area (Å²) in [5.74, 6) is 0.180. The standard InChI is InChI=1S/C19H24N2O3S2/c1-19(2,3)15-7-9-16(10-8-15)25-13-18(22)21-12-14-5-4-6-17(11-14)26(20,23)24/h4-11H,12-13H2,1-3H3,(H,21,22)(H2,20,23,24). The quantitative estimate of drug-likeness (QED) is 0.740. The summed E-state index contributed by atoms with van der Waals surface area (Å²) in [5, 5.41) is 7.90. The molecule has 7 heteroatoms. The van der Waals surface area contributed by atoms with Crippen LogP contribution in [0.2, 0.25) is 0 Å². The van der Waals surface area contributed by atoms with Crippen molar-refractivity contribution < 1.29 is 13.2 Å². The van der Waals surface area contributed by atoms with Crippen LogP contribution in [-0.4, -0.2) is 20.1 Å². The molecule has 0 radical (unpaired) electrons. The van der Waals surface area contributed by atoms with E-state index in [1.165, 1.54) is 29.5 Å². The van der Waals surface area contributed by atoms with Gasteiger partial charge in [-0.2, -0.15) is 0 Å². The Morgan fingerprint density at radius 1 is 1.12 bits per heavy atom. The van der Waals surface area contributed by atoms with E-state index in [4.69, 9.17) is 5.14 Å². The molecular formula is C19H24N2O3S2. The van der Waals surface area contributed by atoms with E-state index < -0.39 is 10.0 Å². The predicted octanol–water partition coefficient (Wildman–Crippen LogP) is 3.04. The summed E-state index contributed by atoms with van der Waals surface area (Å²) in [4.78, 5) is 13.1. The topological polar surface area (TPSA) is 89.3 Å².